The molecule has 0 atom stereocenters. The third-order valence-electron chi connectivity index (χ3n) is 3.66. The lowest BCUT2D eigenvalue weighted by Crippen LogP contribution is -2.34. The molecule has 1 saturated carbocycles. The number of benzene rings is 1. The summed E-state index contributed by atoms with van der Waals surface area (Å²) in [4.78, 5) is 0. The van der Waals surface area contributed by atoms with Crippen molar-refractivity contribution in [3.63, 3.8) is 0 Å². The molecule has 0 saturated heterocycles. The number of rotatable bonds is 3. The Labute approximate surface area is 106 Å². The van der Waals surface area contributed by atoms with Crippen molar-refractivity contribution in [3.05, 3.63) is 52.2 Å². The highest BCUT2D eigenvalue weighted by atomic mass is 32.1. The van der Waals surface area contributed by atoms with Crippen molar-refractivity contribution in [2.45, 2.75) is 31.7 Å². The SMILES string of the molecule is Cc1ccccc1C1CC(Nc2ccsc2)C1. The quantitative estimate of drug-likeness (QED) is 0.841. The monoisotopic (exact) mass is 243 g/mol. The fourth-order valence-electron chi connectivity index (χ4n) is 2.62. The van der Waals surface area contributed by atoms with Gasteiger partial charge < -0.3 is 5.32 Å². The summed E-state index contributed by atoms with van der Waals surface area (Å²) in [5, 5.41) is 7.89. The van der Waals surface area contributed by atoms with Crippen molar-refractivity contribution >= 4 is 17.0 Å². The fraction of sp³-hybridized carbons (Fsp3) is 0.333. The molecule has 1 N–H and O–H groups in total. The lowest BCUT2D eigenvalue weighted by atomic mass is 9.74. The van der Waals surface area contributed by atoms with E-state index in [0.29, 0.717) is 6.04 Å². The predicted molar refractivity (Wildman–Crippen MR) is 74.9 cm³/mol. The minimum Gasteiger partial charge on any atom is -0.382 e. The van der Waals surface area contributed by atoms with Crippen molar-refractivity contribution in [2.75, 3.05) is 5.32 Å². The van der Waals surface area contributed by atoms with Gasteiger partial charge in [-0.2, -0.15) is 11.3 Å². The molecule has 1 heterocycles. The average molecular weight is 243 g/mol. The molecule has 0 radical (unpaired) electrons. The molecule has 2 heteroatoms. The van der Waals surface area contributed by atoms with Crippen LogP contribution in [0.15, 0.2) is 41.1 Å². The normalized spacial score (nSPS) is 23.1. The Balaban J connectivity index is 1.60. The summed E-state index contributed by atoms with van der Waals surface area (Å²) in [5.74, 6) is 0.757. The van der Waals surface area contributed by atoms with Gasteiger partial charge in [-0.25, -0.2) is 0 Å². The van der Waals surface area contributed by atoms with E-state index < -0.39 is 0 Å². The molecule has 1 aromatic carbocycles. The van der Waals surface area contributed by atoms with E-state index in [1.807, 2.05) is 0 Å². The molecule has 0 unspecified atom stereocenters. The minimum absolute atomic E-state index is 0.661. The summed E-state index contributed by atoms with van der Waals surface area (Å²) in [6, 6.07) is 11.6. The van der Waals surface area contributed by atoms with Crippen LogP contribution in [-0.2, 0) is 0 Å². The van der Waals surface area contributed by atoms with Crippen molar-refractivity contribution in [1.82, 2.24) is 0 Å². The van der Waals surface area contributed by atoms with Crippen molar-refractivity contribution < 1.29 is 0 Å². The number of thiophene rings is 1. The lowest BCUT2D eigenvalue weighted by Gasteiger charge is -2.37. The van der Waals surface area contributed by atoms with E-state index in [1.165, 1.54) is 29.7 Å². The van der Waals surface area contributed by atoms with Crippen LogP contribution < -0.4 is 5.32 Å². The third-order valence-corrected chi connectivity index (χ3v) is 4.34. The van der Waals surface area contributed by atoms with Crippen molar-refractivity contribution in [2.24, 2.45) is 0 Å². The van der Waals surface area contributed by atoms with Crippen LogP contribution in [-0.4, -0.2) is 6.04 Å². The molecule has 1 nitrogen and oxygen atoms in total. The largest absolute Gasteiger partial charge is 0.382 e. The molecule has 0 spiro atoms. The number of hydrogen-bond acceptors (Lipinski definition) is 2. The molecule has 1 aliphatic carbocycles. The van der Waals surface area contributed by atoms with Gasteiger partial charge in [0.05, 0.1) is 0 Å². The van der Waals surface area contributed by atoms with E-state index in [9.17, 15) is 0 Å². The van der Waals surface area contributed by atoms with Crippen LogP contribution in [0.2, 0.25) is 0 Å². The molecule has 1 aliphatic rings. The van der Waals surface area contributed by atoms with Gasteiger partial charge in [0.1, 0.15) is 0 Å². The zero-order valence-electron chi connectivity index (χ0n) is 10.0. The Hall–Kier alpha value is -1.28. The molecule has 17 heavy (non-hydrogen) atoms. The topological polar surface area (TPSA) is 12.0 Å². The smallest absolute Gasteiger partial charge is 0.0450 e. The van der Waals surface area contributed by atoms with Crippen LogP contribution in [0.1, 0.15) is 29.9 Å². The first-order chi connectivity index (χ1) is 8.33. The fourth-order valence-corrected chi connectivity index (χ4v) is 3.21. The minimum atomic E-state index is 0.661. The van der Waals surface area contributed by atoms with Gasteiger partial charge in [0.25, 0.3) is 0 Å². The summed E-state index contributed by atoms with van der Waals surface area (Å²) in [6.07, 6.45) is 2.53. The van der Waals surface area contributed by atoms with Gasteiger partial charge in [-0.1, -0.05) is 24.3 Å². The number of hydrogen-bond donors (Lipinski definition) is 1. The number of nitrogens with one attached hydrogen (secondary N) is 1. The molecule has 1 fully saturated rings. The van der Waals surface area contributed by atoms with E-state index >= 15 is 0 Å². The average Bonchev–Trinajstić information content (AvgIpc) is 2.77. The van der Waals surface area contributed by atoms with Crippen LogP contribution in [0.4, 0.5) is 5.69 Å². The summed E-state index contributed by atoms with van der Waals surface area (Å²) in [7, 11) is 0. The lowest BCUT2D eigenvalue weighted by molar-refractivity contribution is 0.373. The van der Waals surface area contributed by atoms with Gasteiger partial charge in [0, 0.05) is 17.1 Å². The molecule has 0 aliphatic heterocycles. The Bertz CT molecular complexity index is 483. The molecule has 88 valence electrons. The summed E-state index contributed by atoms with van der Waals surface area (Å²) in [5.41, 5.74) is 4.26. The van der Waals surface area contributed by atoms with Gasteiger partial charge in [-0.05, 0) is 48.3 Å². The highest BCUT2D eigenvalue weighted by molar-refractivity contribution is 7.08. The second-order valence-electron chi connectivity index (χ2n) is 4.88. The van der Waals surface area contributed by atoms with E-state index in [2.05, 4.69) is 53.3 Å². The van der Waals surface area contributed by atoms with E-state index in [-0.39, 0.29) is 0 Å². The van der Waals surface area contributed by atoms with E-state index in [0.717, 1.165) is 5.92 Å². The Kier molecular flexibility index (Phi) is 2.89. The highest BCUT2D eigenvalue weighted by Crippen LogP contribution is 2.39. The molecule has 0 bridgehead atoms. The van der Waals surface area contributed by atoms with Crippen LogP contribution >= 0.6 is 11.3 Å². The van der Waals surface area contributed by atoms with Crippen molar-refractivity contribution in [3.8, 4) is 0 Å². The first kappa shape index (κ1) is 10.8. The van der Waals surface area contributed by atoms with Gasteiger partial charge in [0.15, 0.2) is 0 Å². The second-order valence-corrected chi connectivity index (χ2v) is 5.66. The number of aryl methyl sites for hydroxylation is 1. The Morgan fingerprint density at radius 2 is 2.00 bits per heavy atom. The molecule has 1 aromatic heterocycles. The predicted octanol–water partition coefficient (Wildman–Crippen LogP) is 4.41. The van der Waals surface area contributed by atoms with E-state index in [4.69, 9.17) is 0 Å². The van der Waals surface area contributed by atoms with Crippen LogP contribution in [0.25, 0.3) is 0 Å². The third kappa shape index (κ3) is 2.22. The molecular formula is C15H17NS. The van der Waals surface area contributed by atoms with Crippen LogP contribution in [0.3, 0.4) is 0 Å². The summed E-state index contributed by atoms with van der Waals surface area (Å²) < 4.78 is 0. The zero-order valence-corrected chi connectivity index (χ0v) is 10.8. The molecule has 0 amide bonds. The van der Waals surface area contributed by atoms with Gasteiger partial charge in [-0.15, -0.1) is 0 Å². The van der Waals surface area contributed by atoms with E-state index in [1.54, 1.807) is 11.3 Å². The maximum Gasteiger partial charge on any atom is 0.0450 e. The highest BCUT2D eigenvalue weighted by Gasteiger charge is 2.30. The molecule has 3 rings (SSSR count). The first-order valence-electron chi connectivity index (χ1n) is 6.17. The second kappa shape index (κ2) is 4.53. The number of anilines is 1. The van der Waals surface area contributed by atoms with Crippen LogP contribution in [0, 0.1) is 6.92 Å². The Morgan fingerprint density at radius 1 is 1.18 bits per heavy atom. The summed E-state index contributed by atoms with van der Waals surface area (Å²) in [6.45, 7) is 2.22. The summed E-state index contributed by atoms with van der Waals surface area (Å²) >= 11 is 1.75. The van der Waals surface area contributed by atoms with Gasteiger partial charge in [0.2, 0.25) is 0 Å². The first-order valence-corrected chi connectivity index (χ1v) is 7.11. The molecular weight excluding hydrogens is 226 g/mol. The maximum absolute atomic E-state index is 3.59. The molecule has 2 aromatic rings. The van der Waals surface area contributed by atoms with Crippen molar-refractivity contribution in [1.29, 1.82) is 0 Å². The Morgan fingerprint density at radius 3 is 2.71 bits per heavy atom. The van der Waals surface area contributed by atoms with Gasteiger partial charge >= 0.3 is 0 Å². The standard InChI is InChI=1S/C15H17NS/c1-11-4-2-3-5-15(11)12-8-14(9-12)16-13-6-7-17-10-13/h2-7,10,12,14,16H,8-9H2,1H3. The zero-order chi connectivity index (χ0) is 11.7. The maximum atomic E-state index is 3.59. The van der Waals surface area contributed by atoms with Crippen LogP contribution in [0.5, 0.6) is 0 Å². The van der Waals surface area contributed by atoms with Gasteiger partial charge in [-0.3, -0.25) is 0 Å².